The van der Waals surface area contributed by atoms with Gasteiger partial charge in [-0.2, -0.15) is 0 Å². The smallest absolute Gasteiger partial charge is 0.131 e. The molecule has 1 aromatic rings. The Balaban J connectivity index is 1.80. The molecule has 0 aromatic carbocycles. The van der Waals surface area contributed by atoms with Gasteiger partial charge in [0, 0.05) is 25.2 Å². The molecule has 2 saturated heterocycles. The van der Waals surface area contributed by atoms with Crippen LogP contribution >= 0.6 is 11.6 Å². The molecule has 0 saturated carbocycles. The first-order valence-electron chi connectivity index (χ1n) is 6.87. The van der Waals surface area contributed by atoms with Crippen LogP contribution in [0.4, 0.5) is 5.82 Å². The number of pyridine rings is 1. The molecule has 2 fully saturated rings. The van der Waals surface area contributed by atoms with Gasteiger partial charge in [0.15, 0.2) is 0 Å². The van der Waals surface area contributed by atoms with Crippen LogP contribution in [-0.2, 0) is 0 Å². The number of fused-ring (bicyclic) bond motifs is 1. The van der Waals surface area contributed by atoms with Crippen molar-refractivity contribution in [3.8, 4) is 0 Å². The van der Waals surface area contributed by atoms with E-state index in [1.54, 1.807) is 0 Å². The van der Waals surface area contributed by atoms with E-state index in [4.69, 9.17) is 11.6 Å². The summed E-state index contributed by atoms with van der Waals surface area (Å²) >= 11 is 6.00. The van der Waals surface area contributed by atoms with Gasteiger partial charge in [-0.1, -0.05) is 24.1 Å². The van der Waals surface area contributed by atoms with E-state index in [1.165, 1.54) is 25.8 Å². The molecule has 18 heavy (non-hydrogen) atoms. The lowest BCUT2D eigenvalue weighted by Crippen LogP contribution is -2.59. The Kier molecular flexibility index (Phi) is 3.44. The van der Waals surface area contributed by atoms with Crippen LogP contribution in [0.5, 0.6) is 0 Å². The van der Waals surface area contributed by atoms with E-state index in [-0.39, 0.29) is 0 Å². The topological polar surface area (TPSA) is 19.4 Å². The van der Waals surface area contributed by atoms with Crippen LogP contribution in [0, 0.1) is 0 Å². The Labute approximate surface area is 114 Å². The second-order valence-electron chi connectivity index (χ2n) is 5.46. The number of nitrogens with zero attached hydrogens (tertiary/aromatic N) is 3. The third kappa shape index (κ3) is 2.34. The highest BCUT2D eigenvalue weighted by molar-refractivity contribution is 6.29. The summed E-state index contributed by atoms with van der Waals surface area (Å²) in [5.74, 6) is 1.03. The Morgan fingerprint density at radius 1 is 1.28 bits per heavy atom. The molecule has 0 aliphatic carbocycles. The monoisotopic (exact) mass is 265 g/mol. The van der Waals surface area contributed by atoms with Crippen LogP contribution in [0.2, 0.25) is 5.15 Å². The molecule has 0 bridgehead atoms. The van der Waals surface area contributed by atoms with Crippen molar-refractivity contribution >= 4 is 17.4 Å². The van der Waals surface area contributed by atoms with Gasteiger partial charge in [-0.3, -0.25) is 4.90 Å². The van der Waals surface area contributed by atoms with Crippen molar-refractivity contribution < 1.29 is 0 Å². The fourth-order valence-corrected chi connectivity index (χ4v) is 3.39. The molecular formula is C14H20ClN3. The number of aromatic nitrogens is 1. The van der Waals surface area contributed by atoms with E-state index < -0.39 is 0 Å². The summed E-state index contributed by atoms with van der Waals surface area (Å²) in [5.41, 5.74) is 0. The molecule has 98 valence electrons. The molecule has 0 N–H and O–H groups in total. The van der Waals surface area contributed by atoms with Crippen molar-refractivity contribution in [3.63, 3.8) is 0 Å². The van der Waals surface area contributed by atoms with Gasteiger partial charge in [-0.05, 0) is 38.4 Å². The average Bonchev–Trinajstić information content (AvgIpc) is 2.38. The van der Waals surface area contributed by atoms with E-state index in [1.807, 2.05) is 12.1 Å². The van der Waals surface area contributed by atoms with Gasteiger partial charge in [0.25, 0.3) is 0 Å². The second-order valence-corrected chi connectivity index (χ2v) is 5.85. The quantitative estimate of drug-likeness (QED) is 0.728. The highest BCUT2D eigenvalue weighted by atomic mass is 35.5. The summed E-state index contributed by atoms with van der Waals surface area (Å²) in [4.78, 5) is 9.52. The Morgan fingerprint density at radius 3 is 3.00 bits per heavy atom. The SMILES string of the molecule is CC1CN2CCCCC2CN1c1cccc(Cl)n1. The van der Waals surface area contributed by atoms with Gasteiger partial charge in [-0.25, -0.2) is 4.98 Å². The zero-order valence-corrected chi connectivity index (χ0v) is 11.6. The lowest BCUT2D eigenvalue weighted by Gasteiger charge is -2.48. The summed E-state index contributed by atoms with van der Waals surface area (Å²) in [6.45, 7) is 5.80. The third-order valence-corrected chi connectivity index (χ3v) is 4.39. The molecule has 2 atom stereocenters. The lowest BCUT2D eigenvalue weighted by atomic mass is 9.97. The normalized spacial score (nSPS) is 29.1. The number of piperidine rings is 1. The molecule has 3 heterocycles. The summed E-state index contributed by atoms with van der Waals surface area (Å²) in [6.07, 6.45) is 4.05. The predicted octanol–water partition coefficient (Wildman–Crippen LogP) is 2.80. The van der Waals surface area contributed by atoms with Crippen molar-refractivity contribution in [2.24, 2.45) is 0 Å². The maximum Gasteiger partial charge on any atom is 0.131 e. The van der Waals surface area contributed by atoms with E-state index in [0.717, 1.165) is 18.9 Å². The van der Waals surface area contributed by atoms with Crippen molar-refractivity contribution in [3.05, 3.63) is 23.4 Å². The summed E-state index contributed by atoms with van der Waals surface area (Å²) < 4.78 is 0. The fraction of sp³-hybridized carbons (Fsp3) is 0.643. The number of hydrogen-bond donors (Lipinski definition) is 0. The molecule has 2 aliphatic rings. The van der Waals surface area contributed by atoms with Gasteiger partial charge in [0.2, 0.25) is 0 Å². The molecule has 0 spiro atoms. The van der Waals surface area contributed by atoms with Crippen LogP contribution in [-0.4, -0.2) is 41.6 Å². The molecule has 0 amide bonds. The molecule has 4 heteroatoms. The summed E-state index contributed by atoms with van der Waals surface area (Å²) in [5, 5.41) is 0.589. The maximum atomic E-state index is 6.00. The summed E-state index contributed by atoms with van der Waals surface area (Å²) in [6, 6.07) is 7.12. The van der Waals surface area contributed by atoms with Gasteiger partial charge in [0.1, 0.15) is 11.0 Å². The molecule has 1 aromatic heterocycles. The van der Waals surface area contributed by atoms with E-state index in [2.05, 4.69) is 27.8 Å². The maximum absolute atomic E-state index is 6.00. The minimum absolute atomic E-state index is 0.519. The average molecular weight is 266 g/mol. The molecule has 0 radical (unpaired) electrons. The first kappa shape index (κ1) is 12.2. The van der Waals surface area contributed by atoms with Crippen LogP contribution < -0.4 is 4.90 Å². The van der Waals surface area contributed by atoms with Crippen LogP contribution in [0.15, 0.2) is 18.2 Å². The second kappa shape index (κ2) is 5.06. The van der Waals surface area contributed by atoms with Crippen molar-refractivity contribution in [1.29, 1.82) is 0 Å². The first-order valence-corrected chi connectivity index (χ1v) is 7.25. The minimum Gasteiger partial charge on any atom is -0.351 e. The van der Waals surface area contributed by atoms with Crippen molar-refractivity contribution in [2.75, 3.05) is 24.5 Å². The molecule has 3 nitrogen and oxygen atoms in total. The highest BCUT2D eigenvalue weighted by Crippen LogP contribution is 2.27. The predicted molar refractivity (Wildman–Crippen MR) is 75.3 cm³/mol. The van der Waals surface area contributed by atoms with Gasteiger partial charge >= 0.3 is 0 Å². The van der Waals surface area contributed by atoms with E-state index >= 15 is 0 Å². The molecular weight excluding hydrogens is 246 g/mol. The molecule has 2 aliphatic heterocycles. The van der Waals surface area contributed by atoms with Crippen molar-refractivity contribution in [2.45, 2.75) is 38.3 Å². The van der Waals surface area contributed by atoms with Gasteiger partial charge in [-0.15, -0.1) is 0 Å². The van der Waals surface area contributed by atoms with Crippen LogP contribution in [0.3, 0.4) is 0 Å². The zero-order chi connectivity index (χ0) is 12.5. The molecule has 3 rings (SSSR count). The summed E-state index contributed by atoms with van der Waals surface area (Å²) in [7, 11) is 0. The number of hydrogen-bond acceptors (Lipinski definition) is 3. The first-order chi connectivity index (χ1) is 8.74. The van der Waals surface area contributed by atoms with Crippen molar-refractivity contribution in [1.82, 2.24) is 9.88 Å². The third-order valence-electron chi connectivity index (χ3n) is 4.18. The van der Waals surface area contributed by atoms with Gasteiger partial charge < -0.3 is 4.90 Å². The van der Waals surface area contributed by atoms with E-state index in [0.29, 0.717) is 17.2 Å². The Hall–Kier alpha value is -0.800. The zero-order valence-electron chi connectivity index (χ0n) is 10.8. The fourth-order valence-electron chi connectivity index (χ4n) is 3.23. The largest absolute Gasteiger partial charge is 0.351 e. The number of halogens is 1. The Bertz CT molecular complexity index is 423. The number of rotatable bonds is 1. The van der Waals surface area contributed by atoms with Crippen LogP contribution in [0.25, 0.3) is 0 Å². The lowest BCUT2D eigenvalue weighted by molar-refractivity contribution is 0.115. The number of anilines is 1. The van der Waals surface area contributed by atoms with Crippen LogP contribution in [0.1, 0.15) is 26.2 Å². The Morgan fingerprint density at radius 2 is 2.17 bits per heavy atom. The molecule has 2 unspecified atom stereocenters. The van der Waals surface area contributed by atoms with Gasteiger partial charge in [0.05, 0.1) is 0 Å². The standard InChI is InChI=1S/C14H20ClN3/c1-11-9-17-8-3-2-5-12(17)10-18(11)14-7-4-6-13(15)16-14/h4,6-7,11-12H,2-3,5,8-10H2,1H3. The number of piperazine rings is 1. The minimum atomic E-state index is 0.519. The highest BCUT2D eigenvalue weighted by Gasteiger charge is 2.33. The van der Waals surface area contributed by atoms with E-state index in [9.17, 15) is 0 Å².